The molecule has 0 spiro atoms. The molecule has 2 fully saturated rings. The van der Waals surface area contributed by atoms with Crippen molar-refractivity contribution < 1.29 is 9.59 Å². The quantitative estimate of drug-likeness (QED) is 0.767. The van der Waals surface area contributed by atoms with Crippen LogP contribution in [0.1, 0.15) is 32.6 Å². The third-order valence-corrected chi connectivity index (χ3v) is 5.44. The first kappa shape index (κ1) is 17.6. The van der Waals surface area contributed by atoms with Crippen LogP contribution in [-0.2, 0) is 9.59 Å². The van der Waals surface area contributed by atoms with Gasteiger partial charge in [0, 0.05) is 31.3 Å². The summed E-state index contributed by atoms with van der Waals surface area (Å²) in [6, 6.07) is -0.0112. The summed E-state index contributed by atoms with van der Waals surface area (Å²) in [5.74, 6) is 1.75. The lowest BCUT2D eigenvalue weighted by molar-refractivity contribution is -0.136. The van der Waals surface area contributed by atoms with E-state index in [-0.39, 0.29) is 23.8 Å². The number of amides is 2. The van der Waals surface area contributed by atoms with E-state index in [9.17, 15) is 9.59 Å². The molecule has 0 saturated carbocycles. The molecule has 2 aliphatic heterocycles. The molecule has 2 N–H and O–H groups in total. The lowest BCUT2D eigenvalue weighted by Crippen LogP contribution is -2.47. The van der Waals surface area contributed by atoms with E-state index in [1.165, 1.54) is 0 Å². The number of nitrogens with zero attached hydrogens (tertiary/aromatic N) is 1. The van der Waals surface area contributed by atoms with Crippen molar-refractivity contribution in [1.29, 1.82) is 0 Å². The first-order chi connectivity index (χ1) is 10.6. The van der Waals surface area contributed by atoms with Gasteiger partial charge in [0.25, 0.3) is 0 Å². The molecule has 0 aliphatic carbocycles. The number of hydrogen-bond acceptors (Lipinski definition) is 4. The molecule has 0 aromatic rings. The first-order valence-electron chi connectivity index (χ1n) is 8.40. The molecule has 3 unspecified atom stereocenters. The average molecular weight is 327 g/mol. The number of thioether (sulfide) groups is 1. The summed E-state index contributed by atoms with van der Waals surface area (Å²) >= 11 is 1.72. The maximum Gasteiger partial charge on any atom is 0.237 e. The van der Waals surface area contributed by atoms with Crippen molar-refractivity contribution in [3.05, 3.63) is 0 Å². The van der Waals surface area contributed by atoms with E-state index in [2.05, 4.69) is 10.6 Å². The predicted octanol–water partition coefficient (Wildman–Crippen LogP) is 1.09. The van der Waals surface area contributed by atoms with Crippen molar-refractivity contribution >= 4 is 23.6 Å². The molecule has 5 nitrogen and oxygen atoms in total. The fraction of sp³-hybridized carbons (Fsp3) is 0.875. The molecule has 0 aromatic heterocycles. The standard InChI is InChI=1S/C16H29N3O2S/c1-12(11-22-2)16(21)19-8-4-5-13(10-19)9-18-15(20)14-6-3-7-17-14/h12-14,17H,3-11H2,1-2H3,(H,18,20). The lowest BCUT2D eigenvalue weighted by Gasteiger charge is -2.34. The van der Waals surface area contributed by atoms with E-state index < -0.39 is 0 Å². The summed E-state index contributed by atoms with van der Waals surface area (Å²) < 4.78 is 0. The third-order valence-electron chi connectivity index (χ3n) is 4.61. The van der Waals surface area contributed by atoms with Gasteiger partial charge < -0.3 is 15.5 Å². The van der Waals surface area contributed by atoms with Gasteiger partial charge >= 0.3 is 0 Å². The SMILES string of the molecule is CSCC(C)C(=O)N1CCCC(CNC(=O)C2CCCN2)C1. The van der Waals surface area contributed by atoms with Gasteiger partial charge in [-0.15, -0.1) is 0 Å². The Balaban J connectivity index is 1.75. The molecule has 3 atom stereocenters. The van der Waals surface area contributed by atoms with Gasteiger partial charge in [0.15, 0.2) is 0 Å². The van der Waals surface area contributed by atoms with Crippen molar-refractivity contribution in [2.75, 3.05) is 38.2 Å². The Morgan fingerprint density at radius 2 is 2.18 bits per heavy atom. The van der Waals surface area contributed by atoms with Gasteiger partial charge in [0.05, 0.1) is 6.04 Å². The number of carbonyl (C=O) groups excluding carboxylic acids is 2. The van der Waals surface area contributed by atoms with E-state index in [0.29, 0.717) is 12.5 Å². The van der Waals surface area contributed by atoms with Gasteiger partial charge in [-0.2, -0.15) is 11.8 Å². The topological polar surface area (TPSA) is 61.4 Å². The van der Waals surface area contributed by atoms with Gasteiger partial charge in [-0.1, -0.05) is 6.92 Å². The maximum atomic E-state index is 12.4. The monoisotopic (exact) mass is 327 g/mol. The maximum absolute atomic E-state index is 12.4. The van der Waals surface area contributed by atoms with Crippen LogP contribution in [-0.4, -0.2) is 60.9 Å². The molecule has 126 valence electrons. The van der Waals surface area contributed by atoms with Crippen LogP contribution in [0.15, 0.2) is 0 Å². The van der Waals surface area contributed by atoms with Gasteiger partial charge in [-0.05, 0) is 44.4 Å². The van der Waals surface area contributed by atoms with E-state index in [0.717, 1.165) is 51.1 Å². The highest BCUT2D eigenvalue weighted by molar-refractivity contribution is 7.98. The van der Waals surface area contributed by atoms with E-state index in [4.69, 9.17) is 0 Å². The molecule has 0 aromatic carbocycles. The largest absolute Gasteiger partial charge is 0.354 e. The number of nitrogens with one attached hydrogen (secondary N) is 2. The Kier molecular flexibility index (Phi) is 7.02. The smallest absolute Gasteiger partial charge is 0.237 e. The zero-order valence-corrected chi connectivity index (χ0v) is 14.6. The first-order valence-corrected chi connectivity index (χ1v) is 9.80. The van der Waals surface area contributed by atoms with Crippen LogP contribution in [0.3, 0.4) is 0 Å². The minimum atomic E-state index is -0.0112. The predicted molar refractivity (Wildman–Crippen MR) is 90.9 cm³/mol. The van der Waals surface area contributed by atoms with Crippen LogP contribution < -0.4 is 10.6 Å². The average Bonchev–Trinajstić information content (AvgIpc) is 3.07. The van der Waals surface area contributed by atoms with Crippen molar-refractivity contribution in [3.8, 4) is 0 Å². The molecule has 0 radical (unpaired) electrons. The van der Waals surface area contributed by atoms with Crippen LogP contribution >= 0.6 is 11.8 Å². The highest BCUT2D eigenvalue weighted by Gasteiger charge is 2.28. The van der Waals surface area contributed by atoms with Crippen LogP contribution in [0, 0.1) is 11.8 Å². The highest BCUT2D eigenvalue weighted by atomic mass is 32.2. The Morgan fingerprint density at radius 3 is 2.86 bits per heavy atom. The van der Waals surface area contributed by atoms with Crippen LogP contribution in [0.4, 0.5) is 0 Å². The molecule has 0 bridgehead atoms. The molecular formula is C16H29N3O2S. The second kappa shape index (κ2) is 8.77. The van der Waals surface area contributed by atoms with Gasteiger partial charge in [-0.3, -0.25) is 9.59 Å². The van der Waals surface area contributed by atoms with Crippen LogP contribution in [0.25, 0.3) is 0 Å². The molecule has 2 amide bonds. The zero-order valence-electron chi connectivity index (χ0n) is 13.8. The molecule has 6 heteroatoms. The molecule has 2 saturated heterocycles. The Labute approximate surface area is 138 Å². The minimum Gasteiger partial charge on any atom is -0.354 e. The Morgan fingerprint density at radius 1 is 1.36 bits per heavy atom. The van der Waals surface area contributed by atoms with Crippen molar-refractivity contribution in [1.82, 2.24) is 15.5 Å². The summed E-state index contributed by atoms with van der Waals surface area (Å²) in [4.78, 5) is 26.4. The number of rotatable bonds is 6. The summed E-state index contributed by atoms with van der Waals surface area (Å²) in [6.45, 7) is 5.30. The fourth-order valence-electron chi connectivity index (χ4n) is 3.34. The summed E-state index contributed by atoms with van der Waals surface area (Å²) in [6.07, 6.45) is 6.19. The highest BCUT2D eigenvalue weighted by Crippen LogP contribution is 2.19. The van der Waals surface area contributed by atoms with Crippen LogP contribution in [0.2, 0.25) is 0 Å². The van der Waals surface area contributed by atoms with Gasteiger partial charge in [0.2, 0.25) is 11.8 Å². The number of carbonyl (C=O) groups is 2. The lowest BCUT2D eigenvalue weighted by atomic mass is 9.96. The van der Waals surface area contributed by atoms with Crippen molar-refractivity contribution in [2.24, 2.45) is 11.8 Å². The Bertz CT molecular complexity index is 386. The number of likely N-dealkylation sites (tertiary alicyclic amines) is 1. The van der Waals surface area contributed by atoms with E-state index in [1.54, 1.807) is 11.8 Å². The minimum absolute atomic E-state index is 0.0112. The zero-order chi connectivity index (χ0) is 15.9. The van der Waals surface area contributed by atoms with Crippen molar-refractivity contribution in [3.63, 3.8) is 0 Å². The molecule has 2 aliphatic rings. The van der Waals surface area contributed by atoms with Gasteiger partial charge in [-0.25, -0.2) is 0 Å². The molecule has 22 heavy (non-hydrogen) atoms. The van der Waals surface area contributed by atoms with Crippen molar-refractivity contribution in [2.45, 2.75) is 38.6 Å². The molecular weight excluding hydrogens is 298 g/mol. The molecule has 2 rings (SSSR count). The third kappa shape index (κ3) is 4.88. The second-order valence-electron chi connectivity index (χ2n) is 6.54. The number of piperidine rings is 1. The molecule has 2 heterocycles. The summed E-state index contributed by atoms with van der Waals surface area (Å²) in [7, 11) is 0. The van der Waals surface area contributed by atoms with E-state index >= 15 is 0 Å². The summed E-state index contributed by atoms with van der Waals surface area (Å²) in [5.41, 5.74) is 0. The Hall–Kier alpha value is -0.750. The second-order valence-corrected chi connectivity index (χ2v) is 7.45. The normalized spacial score (nSPS) is 26.7. The van der Waals surface area contributed by atoms with E-state index in [1.807, 2.05) is 18.1 Å². The summed E-state index contributed by atoms with van der Waals surface area (Å²) in [5, 5.41) is 6.29. The van der Waals surface area contributed by atoms with Gasteiger partial charge in [0.1, 0.15) is 0 Å². The fourth-order valence-corrected chi connectivity index (χ4v) is 3.98. The van der Waals surface area contributed by atoms with Crippen LogP contribution in [0.5, 0.6) is 0 Å². The number of hydrogen-bond donors (Lipinski definition) is 2.